The summed E-state index contributed by atoms with van der Waals surface area (Å²) < 4.78 is 28.9. The van der Waals surface area contributed by atoms with Crippen LogP contribution in [0.25, 0.3) is 0 Å². The first-order valence-electron chi connectivity index (χ1n) is 11.0. The number of hydrogen-bond donors (Lipinski definition) is 1. The van der Waals surface area contributed by atoms with Gasteiger partial charge in [-0.1, -0.05) is 13.8 Å². The molecule has 4 rings (SSSR count). The van der Waals surface area contributed by atoms with Gasteiger partial charge in [-0.15, -0.1) is 0 Å². The molecular weight excluding hydrogens is 408 g/mol. The Hall–Kier alpha value is -0.600. The highest BCUT2D eigenvalue weighted by Gasteiger charge is 2.65. The predicted octanol–water partition coefficient (Wildman–Crippen LogP) is 2.44. The van der Waals surface area contributed by atoms with Gasteiger partial charge in [0.25, 0.3) is 0 Å². The summed E-state index contributed by atoms with van der Waals surface area (Å²) in [6.45, 7) is 5.81. The van der Waals surface area contributed by atoms with E-state index in [-0.39, 0.29) is 34.8 Å². The van der Waals surface area contributed by atoms with E-state index in [2.05, 4.69) is 18.6 Å². The molecule has 0 aromatic rings. The second-order valence-corrected chi connectivity index (χ2v) is 13.0. The van der Waals surface area contributed by atoms with Crippen molar-refractivity contribution in [3.63, 3.8) is 0 Å². The van der Waals surface area contributed by atoms with Gasteiger partial charge in [0.15, 0.2) is 0 Å². The summed E-state index contributed by atoms with van der Waals surface area (Å²) in [6.07, 6.45) is 5.07. The molecule has 1 heterocycles. The number of carbonyl (C=O) groups excluding carboxylic acids is 2. The highest BCUT2D eigenvalue weighted by Crippen LogP contribution is 2.64. The predicted molar refractivity (Wildman–Crippen MR) is 115 cm³/mol. The van der Waals surface area contributed by atoms with Crippen molar-refractivity contribution in [3.05, 3.63) is 0 Å². The number of Topliss-reactive ketones (excluding diaryl/α,β-unsaturated/α-hetero) is 1. The van der Waals surface area contributed by atoms with Crippen molar-refractivity contribution >= 4 is 33.5 Å². The first-order chi connectivity index (χ1) is 13.6. The molecule has 164 valence electrons. The van der Waals surface area contributed by atoms with Crippen LogP contribution in [0.4, 0.5) is 0 Å². The van der Waals surface area contributed by atoms with E-state index >= 15 is 0 Å². The fourth-order valence-electron chi connectivity index (χ4n) is 6.23. The molecule has 1 saturated heterocycles. The van der Waals surface area contributed by atoms with Crippen molar-refractivity contribution in [2.75, 3.05) is 30.3 Å². The van der Waals surface area contributed by atoms with Crippen LogP contribution in [0.3, 0.4) is 0 Å². The highest BCUT2D eigenvalue weighted by atomic mass is 32.2. The van der Waals surface area contributed by atoms with Crippen LogP contribution in [-0.2, 0) is 19.6 Å². The Morgan fingerprint density at radius 2 is 1.79 bits per heavy atom. The molecule has 2 atom stereocenters. The average Bonchev–Trinajstić information content (AvgIpc) is 3.02. The van der Waals surface area contributed by atoms with Crippen LogP contribution in [0.15, 0.2) is 0 Å². The Bertz CT molecular complexity index is 768. The van der Waals surface area contributed by atoms with E-state index < -0.39 is 15.4 Å². The van der Waals surface area contributed by atoms with E-state index in [4.69, 9.17) is 0 Å². The number of fused-ring (bicyclic) bond motifs is 2. The normalized spacial score (nSPS) is 37.1. The molecule has 2 unspecified atom stereocenters. The number of hydrogen-bond acceptors (Lipinski definition) is 5. The van der Waals surface area contributed by atoms with E-state index in [9.17, 15) is 18.0 Å². The van der Waals surface area contributed by atoms with Gasteiger partial charge in [0.05, 0.1) is 5.75 Å². The Labute approximate surface area is 179 Å². The summed E-state index contributed by atoms with van der Waals surface area (Å²) in [7, 11) is -3.54. The number of ketones is 1. The quantitative estimate of drug-likeness (QED) is 0.707. The van der Waals surface area contributed by atoms with Gasteiger partial charge in [-0.05, 0) is 49.9 Å². The summed E-state index contributed by atoms with van der Waals surface area (Å²) in [5, 5.41) is 0. The minimum absolute atomic E-state index is 0.0309. The standard InChI is InChI=1S/C21H34N2O4S2/c1-20(2)16-7-8-21(20,18(24)13-16)14-29(26,27)22-17-5-3-15(4-6-17)19(25)23-9-11-28-12-10-23/h15-17,22H,3-14H2,1-2H3. The molecule has 1 aliphatic heterocycles. The van der Waals surface area contributed by atoms with Crippen molar-refractivity contribution in [2.24, 2.45) is 22.7 Å². The van der Waals surface area contributed by atoms with Crippen molar-refractivity contribution in [2.45, 2.75) is 64.8 Å². The van der Waals surface area contributed by atoms with Crippen molar-refractivity contribution in [1.29, 1.82) is 0 Å². The second-order valence-electron chi connectivity index (χ2n) is 10.0. The van der Waals surface area contributed by atoms with E-state index in [1.807, 2.05) is 16.7 Å². The molecule has 3 aliphatic carbocycles. The van der Waals surface area contributed by atoms with E-state index in [1.165, 1.54) is 0 Å². The summed E-state index contributed by atoms with van der Waals surface area (Å²) in [6, 6.07) is -0.117. The first kappa shape index (κ1) is 21.6. The SMILES string of the molecule is CC1(C)C2CCC1(CS(=O)(=O)NC1CCC(C(=O)N3CCSCC3)CC1)C(=O)C2. The molecule has 0 radical (unpaired) electrons. The zero-order valence-electron chi connectivity index (χ0n) is 17.6. The van der Waals surface area contributed by atoms with Crippen LogP contribution in [-0.4, -0.2) is 61.4 Å². The summed E-state index contributed by atoms with van der Waals surface area (Å²) in [5.74, 6) is 2.69. The number of carbonyl (C=O) groups is 2. The smallest absolute Gasteiger partial charge is 0.225 e. The van der Waals surface area contributed by atoms with Gasteiger partial charge in [0, 0.05) is 48.4 Å². The first-order valence-corrected chi connectivity index (χ1v) is 13.9. The lowest BCUT2D eigenvalue weighted by Gasteiger charge is -2.37. The maximum absolute atomic E-state index is 13.0. The lowest BCUT2D eigenvalue weighted by atomic mass is 9.70. The van der Waals surface area contributed by atoms with Gasteiger partial charge >= 0.3 is 0 Å². The van der Waals surface area contributed by atoms with Crippen LogP contribution in [0.5, 0.6) is 0 Å². The maximum Gasteiger partial charge on any atom is 0.225 e. The van der Waals surface area contributed by atoms with Crippen molar-refractivity contribution < 1.29 is 18.0 Å². The monoisotopic (exact) mass is 442 g/mol. The molecule has 6 nitrogen and oxygen atoms in total. The third-order valence-corrected chi connectivity index (χ3v) is 10.8. The van der Waals surface area contributed by atoms with Crippen molar-refractivity contribution in [3.8, 4) is 0 Å². The Kier molecular flexibility index (Phi) is 5.84. The van der Waals surface area contributed by atoms with E-state index in [0.717, 1.165) is 43.9 Å². The van der Waals surface area contributed by atoms with Gasteiger partial charge < -0.3 is 4.90 Å². The van der Waals surface area contributed by atoms with Crippen LogP contribution in [0.1, 0.15) is 58.8 Å². The molecule has 29 heavy (non-hydrogen) atoms. The minimum Gasteiger partial charge on any atom is -0.341 e. The molecule has 4 aliphatic rings. The molecule has 4 fully saturated rings. The van der Waals surface area contributed by atoms with Crippen LogP contribution in [0.2, 0.25) is 0 Å². The van der Waals surface area contributed by atoms with Gasteiger partial charge in [0.1, 0.15) is 5.78 Å². The molecule has 1 amide bonds. The van der Waals surface area contributed by atoms with Crippen LogP contribution in [0, 0.1) is 22.7 Å². The Morgan fingerprint density at radius 3 is 2.34 bits per heavy atom. The van der Waals surface area contributed by atoms with Crippen LogP contribution < -0.4 is 4.72 Å². The lowest BCUT2D eigenvalue weighted by Crippen LogP contribution is -2.48. The summed E-state index contributed by atoms with van der Waals surface area (Å²) in [4.78, 5) is 27.4. The number of nitrogens with one attached hydrogen (secondary N) is 1. The average molecular weight is 443 g/mol. The minimum atomic E-state index is -3.54. The van der Waals surface area contributed by atoms with E-state index in [0.29, 0.717) is 31.6 Å². The molecular formula is C21H34N2O4S2. The fourth-order valence-corrected chi connectivity index (χ4v) is 9.28. The molecule has 3 saturated carbocycles. The number of thioether (sulfide) groups is 1. The third-order valence-electron chi connectivity index (χ3n) is 8.32. The molecule has 0 aromatic carbocycles. The Morgan fingerprint density at radius 1 is 1.14 bits per heavy atom. The second kappa shape index (κ2) is 7.83. The van der Waals surface area contributed by atoms with E-state index in [1.54, 1.807) is 0 Å². The fraction of sp³-hybridized carbons (Fsp3) is 0.905. The number of sulfonamides is 1. The largest absolute Gasteiger partial charge is 0.341 e. The Balaban J connectivity index is 1.33. The molecule has 8 heteroatoms. The molecule has 1 N–H and O–H groups in total. The number of nitrogens with zero attached hydrogens (tertiary/aromatic N) is 1. The zero-order chi connectivity index (χ0) is 20.9. The highest BCUT2D eigenvalue weighted by molar-refractivity contribution is 7.99. The zero-order valence-corrected chi connectivity index (χ0v) is 19.2. The third kappa shape index (κ3) is 3.89. The lowest BCUT2D eigenvalue weighted by molar-refractivity contribution is -0.136. The van der Waals surface area contributed by atoms with Gasteiger partial charge in [-0.25, -0.2) is 13.1 Å². The maximum atomic E-state index is 13.0. The summed E-state index contributed by atoms with van der Waals surface area (Å²) in [5.41, 5.74) is -0.960. The molecule has 2 bridgehead atoms. The van der Waals surface area contributed by atoms with Gasteiger partial charge in [-0.2, -0.15) is 11.8 Å². The van der Waals surface area contributed by atoms with Crippen molar-refractivity contribution in [1.82, 2.24) is 9.62 Å². The summed E-state index contributed by atoms with van der Waals surface area (Å²) >= 11 is 1.89. The van der Waals surface area contributed by atoms with Gasteiger partial charge in [-0.3, -0.25) is 9.59 Å². The topological polar surface area (TPSA) is 83.6 Å². The van der Waals surface area contributed by atoms with Gasteiger partial charge in [0.2, 0.25) is 15.9 Å². The van der Waals surface area contributed by atoms with Crippen LogP contribution >= 0.6 is 11.8 Å². The number of rotatable bonds is 5. The molecule has 0 aromatic heterocycles. The number of amides is 1. The molecule has 0 spiro atoms.